The van der Waals surface area contributed by atoms with Crippen molar-refractivity contribution in [2.45, 2.75) is 45.3 Å². The zero-order valence-corrected chi connectivity index (χ0v) is 11.9. The Morgan fingerprint density at radius 1 is 1.47 bits per heavy atom. The van der Waals surface area contributed by atoms with E-state index in [0.717, 1.165) is 11.4 Å². The fraction of sp³-hybridized carbons (Fsp3) is 0.769. The lowest BCUT2D eigenvalue weighted by Gasteiger charge is -2.20. The van der Waals surface area contributed by atoms with Crippen molar-refractivity contribution in [1.29, 1.82) is 0 Å². The number of fused-ring (bicyclic) bond motifs is 1. The van der Waals surface area contributed by atoms with E-state index in [4.69, 9.17) is 9.72 Å². The Balaban J connectivity index is 2.29. The van der Waals surface area contributed by atoms with Gasteiger partial charge in [-0.3, -0.25) is 0 Å². The van der Waals surface area contributed by atoms with Gasteiger partial charge in [0.15, 0.2) is 0 Å². The van der Waals surface area contributed by atoms with Crippen molar-refractivity contribution in [3.63, 3.8) is 0 Å². The Morgan fingerprint density at radius 3 is 2.82 bits per heavy atom. The number of hydrogen-bond acceptors (Lipinski definition) is 4. The minimum atomic E-state index is 0.142. The van der Waals surface area contributed by atoms with Crippen LogP contribution < -0.4 is 5.32 Å². The first-order valence-electron chi connectivity index (χ1n) is 6.37. The quantitative estimate of drug-likeness (QED) is 0.896. The van der Waals surface area contributed by atoms with Gasteiger partial charge in [-0.1, -0.05) is 13.8 Å². The molecule has 0 spiro atoms. The first-order valence-corrected chi connectivity index (χ1v) is 7.18. The van der Waals surface area contributed by atoms with Crippen LogP contribution >= 0.6 is 11.3 Å². The molecular weight excluding hydrogens is 232 g/mol. The number of aryl methyl sites for hydroxylation is 1. The van der Waals surface area contributed by atoms with Gasteiger partial charge in [0.1, 0.15) is 11.1 Å². The maximum absolute atomic E-state index is 5.57. The molecule has 17 heavy (non-hydrogen) atoms. The standard InChI is InChI=1S/C13H22N2OS/c1-8(2)11(16-4)13-15-10-7-5-6-9(14-3)12(10)17-13/h8-9,11,14H,5-7H2,1-4H3. The molecule has 0 bridgehead atoms. The van der Waals surface area contributed by atoms with Crippen LogP contribution in [0.1, 0.15) is 54.4 Å². The molecule has 1 aromatic rings. The Bertz CT molecular complexity index is 375. The third-order valence-corrected chi connectivity index (χ3v) is 4.69. The molecule has 3 nitrogen and oxygen atoms in total. The van der Waals surface area contributed by atoms with E-state index in [1.165, 1.54) is 23.4 Å². The number of ether oxygens (including phenoxy) is 1. The zero-order valence-electron chi connectivity index (χ0n) is 11.1. The van der Waals surface area contributed by atoms with Crippen LogP contribution in [0.15, 0.2) is 0 Å². The number of nitrogens with zero attached hydrogens (tertiary/aromatic N) is 1. The summed E-state index contributed by atoms with van der Waals surface area (Å²) < 4.78 is 5.57. The summed E-state index contributed by atoms with van der Waals surface area (Å²) in [4.78, 5) is 6.22. The molecule has 2 unspecified atom stereocenters. The third kappa shape index (κ3) is 2.54. The lowest BCUT2D eigenvalue weighted by molar-refractivity contribution is 0.0643. The maximum Gasteiger partial charge on any atom is 0.122 e. The molecule has 0 saturated carbocycles. The minimum Gasteiger partial charge on any atom is -0.374 e. The van der Waals surface area contributed by atoms with Gasteiger partial charge < -0.3 is 10.1 Å². The lowest BCUT2D eigenvalue weighted by atomic mass is 9.98. The van der Waals surface area contributed by atoms with Crippen LogP contribution in [0.4, 0.5) is 0 Å². The molecule has 1 aliphatic carbocycles. The van der Waals surface area contributed by atoms with Crippen molar-refractivity contribution in [3.05, 3.63) is 15.6 Å². The number of rotatable bonds is 4. The summed E-state index contributed by atoms with van der Waals surface area (Å²) in [6.07, 6.45) is 3.73. The van der Waals surface area contributed by atoms with Crippen molar-refractivity contribution < 1.29 is 4.74 Å². The van der Waals surface area contributed by atoms with Crippen molar-refractivity contribution in [2.24, 2.45) is 5.92 Å². The smallest absolute Gasteiger partial charge is 0.122 e. The SMILES string of the molecule is CNC1CCCc2nc(C(OC)C(C)C)sc21. The second-order valence-electron chi connectivity index (χ2n) is 5.00. The van der Waals surface area contributed by atoms with Gasteiger partial charge in [-0.15, -0.1) is 11.3 Å². The topological polar surface area (TPSA) is 34.2 Å². The first kappa shape index (κ1) is 13.0. The average Bonchev–Trinajstić information content (AvgIpc) is 2.72. The van der Waals surface area contributed by atoms with Gasteiger partial charge in [-0.2, -0.15) is 0 Å². The fourth-order valence-electron chi connectivity index (χ4n) is 2.49. The van der Waals surface area contributed by atoms with Gasteiger partial charge >= 0.3 is 0 Å². The van der Waals surface area contributed by atoms with E-state index in [2.05, 4.69) is 19.2 Å². The maximum atomic E-state index is 5.57. The molecule has 0 radical (unpaired) electrons. The van der Waals surface area contributed by atoms with Gasteiger partial charge in [-0.05, 0) is 32.2 Å². The number of nitrogens with one attached hydrogen (secondary N) is 1. The van der Waals surface area contributed by atoms with E-state index in [1.807, 2.05) is 18.4 Å². The summed E-state index contributed by atoms with van der Waals surface area (Å²) >= 11 is 1.83. The highest BCUT2D eigenvalue weighted by Gasteiger charge is 2.27. The number of aromatic nitrogens is 1. The summed E-state index contributed by atoms with van der Waals surface area (Å²) in [5.74, 6) is 0.473. The summed E-state index contributed by atoms with van der Waals surface area (Å²) in [6.45, 7) is 4.37. The van der Waals surface area contributed by atoms with Gasteiger partial charge in [0, 0.05) is 18.0 Å². The largest absolute Gasteiger partial charge is 0.374 e. The van der Waals surface area contributed by atoms with E-state index < -0.39 is 0 Å². The van der Waals surface area contributed by atoms with Gasteiger partial charge in [0.25, 0.3) is 0 Å². The lowest BCUT2D eigenvalue weighted by Crippen LogP contribution is -2.19. The second-order valence-corrected chi connectivity index (χ2v) is 6.06. The van der Waals surface area contributed by atoms with Crippen molar-refractivity contribution in [1.82, 2.24) is 10.3 Å². The van der Waals surface area contributed by atoms with Crippen LogP contribution in [0, 0.1) is 5.92 Å². The second kappa shape index (κ2) is 5.46. The van der Waals surface area contributed by atoms with Crippen LogP contribution in [0.5, 0.6) is 0 Å². The highest BCUT2D eigenvalue weighted by molar-refractivity contribution is 7.11. The van der Waals surface area contributed by atoms with Crippen molar-refractivity contribution in [2.75, 3.05) is 14.2 Å². The molecule has 1 aliphatic rings. The van der Waals surface area contributed by atoms with E-state index in [-0.39, 0.29) is 6.10 Å². The van der Waals surface area contributed by atoms with Gasteiger partial charge in [0.05, 0.1) is 5.69 Å². The monoisotopic (exact) mass is 254 g/mol. The van der Waals surface area contributed by atoms with Crippen LogP contribution in [-0.2, 0) is 11.2 Å². The molecule has 0 fully saturated rings. The normalized spacial score (nSPS) is 21.6. The molecule has 2 rings (SSSR count). The molecule has 96 valence electrons. The molecule has 1 aromatic heterocycles. The Hall–Kier alpha value is -0.450. The summed E-state index contributed by atoms with van der Waals surface area (Å²) in [5.41, 5.74) is 1.29. The molecule has 2 atom stereocenters. The first-order chi connectivity index (χ1) is 8.17. The Kier molecular flexibility index (Phi) is 4.17. The summed E-state index contributed by atoms with van der Waals surface area (Å²) in [7, 11) is 3.82. The van der Waals surface area contributed by atoms with Crippen LogP contribution in [0.2, 0.25) is 0 Å². The van der Waals surface area contributed by atoms with Gasteiger partial charge in [-0.25, -0.2) is 4.98 Å². The van der Waals surface area contributed by atoms with E-state index in [1.54, 1.807) is 7.11 Å². The molecule has 4 heteroatoms. The fourth-order valence-corrected chi connectivity index (χ4v) is 4.00. The van der Waals surface area contributed by atoms with Gasteiger partial charge in [0.2, 0.25) is 0 Å². The molecule has 1 N–H and O–H groups in total. The minimum absolute atomic E-state index is 0.142. The molecule has 0 amide bonds. The average molecular weight is 254 g/mol. The summed E-state index contributed by atoms with van der Waals surface area (Å²) in [6, 6.07) is 0.495. The Morgan fingerprint density at radius 2 is 2.24 bits per heavy atom. The number of thiazole rings is 1. The number of methoxy groups -OCH3 is 1. The molecular formula is C13H22N2OS. The molecule has 0 aliphatic heterocycles. The molecule has 1 heterocycles. The Labute approximate surface area is 108 Å². The van der Waals surface area contributed by atoms with Crippen LogP contribution in [-0.4, -0.2) is 19.1 Å². The molecule has 0 saturated heterocycles. The van der Waals surface area contributed by atoms with Crippen molar-refractivity contribution in [3.8, 4) is 0 Å². The predicted octanol–water partition coefficient (Wildman–Crippen LogP) is 3.08. The summed E-state index contributed by atoms with van der Waals surface area (Å²) in [5, 5.41) is 4.54. The van der Waals surface area contributed by atoms with Crippen molar-refractivity contribution >= 4 is 11.3 Å². The van der Waals surface area contributed by atoms with Crippen LogP contribution in [0.3, 0.4) is 0 Å². The van der Waals surface area contributed by atoms with E-state index in [0.29, 0.717) is 12.0 Å². The van der Waals surface area contributed by atoms with Crippen LogP contribution in [0.25, 0.3) is 0 Å². The zero-order chi connectivity index (χ0) is 12.4. The highest BCUT2D eigenvalue weighted by Crippen LogP contribution is 2.38. The number of hydrogen-bond donors (Lipinski definition) is 1. The van der Waals surface area contributed by atoms with E-state index >= 15 is 0 Å². The highest BCUT2D eigenvalue weighted by atomic mass is 32.1. The predicted molar refractivity (Wildman–Crippen MR) is 71.4 cm³/mol. The third-order valence-electron chi connectivity index (χ3n) is 3.42. The van der Waals surface area contributed by atoms with E-state index in [9.17, 15) is 0 Å². The molecule has 0 aromatic carbocycles.